The average molecular weight is 438 g/mol. The summed E-state index contributed by atoms with van der Waals surface area (Å²) in [5.74, 6) is 0.0513. The first-order valence-electron chi connectivity index (χ1n) is 11.0. The first-order chi connectivity index (χ1) is 15.0. The van der Waals surface area contributed by atoms with Gasteiger partial charge in [-0.3, -0.25) is 14.5 Å². The zero-order chi connectivity index (χ0) is 21.6. The molecule has 1 atom stereocenters. The third-order valence-electron chi connectivity index (χ3n) is 7.24. The number of nitrogens with one attached hydrogen (secondary N) is 1. The second-order valence-electron chi connectivity index (χ2n) is 9.10. The minimum atomic E-state index is -0.894. The van der Waals surface area contributed by atoms with Crippen LogP contribution in [0.5, 0.6) is 0 Å². The number of likely N-dealkylation sites (tertiary alicyclic amines) is 1. The summed E-state index contributed by atoms with van der Waals surface area (Å²) in [7, 11) is 0. The van der Waals surface area contributed by atoms with Crippen LogP contribution in [0.3, 0.4) is 0 Å². The van der Waals surface area contributed by atoms with Crippen molar-refractivity contribution in [1.29, 1.82) is 0 Å². The van der Waals surface area contributed by atoms with Crippen molar-refractivity contribution in [3.8, 4) is 0 Å². The van der Waals surface area contributed by atoms with E-state index < -0.39 is 5.54 Å². The maximum Gasteiger partial charge on any atom is 0.325 e. The van der Waals surface area contributed by atoms with Crippen LogP contribution in [0.2, 0.25) is 0 Å². The SMILES string of the molecule is CC1(C2CCN(C(=O)Cc3ccsc3)CC2)NC(=O)N(C2Cc3ccccc3C2)C1=O. The fourth-order valence-electron chi connectivity index (χ4n) is 5.39. The number of hydrogen-bond donors (Lipinski definition) is 1. The van der Waals surface area contributed by atoms with E-state index >= 15 is 0 Å². The summed E-state index contributed by atoms with van der Waals surface area (Å²) >= 11 is 1.60. The fourth-order valence-corrected chi connectivity index (χ4v) is 6.06. The first-order valence-corrected chi connectivity index (χ1v) is 11.9. The van der Waals surface area contributed by atoms with Gasteiger partial charge in [-0.05, 0) is 72.0 Å². The van der Waals surface area contributed by atoms with Gasteiger partial charge in [-0.15, -0.1) is 0 Å². The summed E-state index contributed by atoms with van der Waals surface area (Å²) in [5.41, 5.74) is 2.60. The van der Waals surface area contributed by atoms with Crippen LogP contribution in [0.25, 0.3) is 0 Å². The van der Waals surface area contributed by atoms with Gasteiger partial charge in [0.25, 0.3) is 5.91 Å². The molecule has 3 heterocycles. The van der Waals surface area contributed by atoms with Crippen molar-refractivity contribution in [2.75, 3.05) is 13.1 Å². The molecule has 1 aromatic heterocycles. The molecule has 1 aliphatic carbocycles. The molecule has 31 heavy (non-hydrogen) atoms. The maximum absolute atomic E-state index is 13.5. The van der Waals surface area contributed by atoms with Crippen molar-refractivity contribution in [1.82, 2.24) is 15.1 Å². The van der Waals surface area contributed by atoms with Crippen molar-refractivity contribution in [3.05, 3.63) is 57.8 Å². The Bertz CT molecular complexity index is 988. The molecule has 0 radical (unpaired) electrons. The van der Waals surface area contributed by atoms with Gasteiger partial charge in [0.2, 0.25) is 5.91 Å². The lowest BCUT2D eigenvalue weighted by Gasteiger charge is -2.39. The van der Waals surface area contributed by atoms with Gasteiger partial charge < -0.3 is 10.2 Å². The van der Waals surface area contributed by atoms with Crippen LogP contribution < -0.4 is 5.32 Å². The molecule has 0 spiro atoms. The Kier molecular flexibility index (Phi) is 5.08. The molecule has 0 bridgehead atoms. The first kappa shape index (κ1) is 20.2. The molecular formula is C24H27N3O3S. The predicted molar refractivity (Wildman–Crippen MR) is 119 cm³/mol. The highest BCUT2D eigenvalue weighted by atomic mass is 32.1. The lowest BCUT2D eigenvalue weighted by molar-refractivity contribution is -0.136. The highest BCUT2D eigenvalue weighted by Gasteiger charge is 2.55. The third kappa shape index (κ3) is 3.55. The largest absolute Gasteiger partial charge is 0.342 e. The number of piperidine rings is 1. The molecule has 2 aliphatic heterocycles. The molecule has 2 saturated heterocycles. The molecule has 2 aromatic rings. The molecule has 1 N–H and O–H groups in total. The summed E-state index contributed by atoms with van der Waals surface area (Å²) in [4.78, 5) is 42.3. The molecule has 1 unspecified atom stereocenters. The second-order valence-corrected chi connectivity index (χ2v) is 9.88. The van der Waals surface area contributed by atoms with Crippen LogP contribution in [0.15, 0.2) is 41.1 Å². The van der Waals surface area contributed by atoms with Gasteiger partial charge in [0, 0.05) is 19.1 Å². The number of hydrogen-bond acceptors (Lipinski definition) is 4. The van der Waals surface area contributed by atoms with Gasteiger partial charge >= 0.3 is 6.03 Å². The van der Waals surface area contributed by atoms with E-state index in [0.29, 0.717) is 19.5 Å². The van der Waals surface area contributed by atoms with Crippen LogP contribution in [-0.4, -0.2) is 52.3 Å². The molecule has 6 nitrogen and oxygen atoms in total. The Morgan fingerprint density at radius 1 is 1.13 bits per heavy atom. The molecule has 1 aromatic carbocycles. The van der Waals surface area contributed by atoms with E-state index in [4.69, 9.17) is 0 Å². The number of nitrogens with zero attached hydrogens (tertiary/aromatic N) is 2. The number of thiophene rings is 1. The Morgan fingerprint density at radius 2 is 1.81 bits per heavy atom. The van der Waals surface area contributed by atoms with Crippen LogP contribution >= 0.6 is 11.3 Å². The number of benzene rings is 1. The molecule has 162 valence electrons. The quantitative estimate of drug-likeness (QED) is 0.748. The predicted octanol–water partition coefficient (Wildman–Crippen LogP) is 3.01. The van der Waals surface area contributed by atoms with Crippen molar-refractivity contribution in [2.45, 2.75) is 50.6 Å². The van der Waals surface area contributed by atoms with Crippen LogP contribution in [-0.2, 0) is 28.9 Å². The zero-order valence-electron chi connectivity index (χ0n) is 17.7. The summed E-state index contributed by atoms with van der Waals surface area (Å²) in [5, 5.41) is 7.01. The fraction of sp³-hybridized carbons (Fsp3) is 0.458. The van der Waals surface area contributed by atoms with E-state index in [2.05, 4.69) is 17.4 Å². The Labute approximate surface area is 186 Å². The topological polar surface area (TPSA) is 69.7 Å². The van der Waals surface area contributed by atoms with E-state index in [9.17, 15) is 14.4 Å². The van der Waals surface area contributed by atoms with Gasteiger partial charge in [-0.25, -0.2) is 4.79 Å². The summed E-state index contributed by atoms with van der Waals surface area (Å²) in [6.45, 7) is 3.12. The average Bonchev–Trinajstić information content (AvgIpc) is 3.47. The minimum absolute atomic E-state index is 0.0305. The van der Waals surface area contributed by atoms with Crippen LogP contribution in [0.4, 0.5) is 4.79 Å². The highest BCUT2D eigenvalue weighted by molar-refractivity contribution is 7.08. The van der Waals surface area contributed by atoms with Gasteiger partial charge in [0.05, 0.1) is 6.42 Å². The number of urea groups is 1. The smallest absolute Gasteiger partial charge is 0.325 e. The van der Waals surface area contributed by atoms with E-state index in [1.807, 2.05) is 40.8 Å². The van der Waals surface area contributed by atoms with Crippen LogP contribution in [0, 0.1) is 5.92 Å². The number of rotatable bonds is 4. The van der Waals surface area contributed by atoms with Crippen LogP contribution in [0.1, 0.15) is 36.5 Å². The number of carbonyl (C=O) groups is 3. The van der Waals surface area contributed by atoms with E-state index in [1.54, 1.807) is 11.3 Å². The lowest BCUT2D eigenvalue weighted by atomic mass is 9.78. The summed E-state index contributed by atoms with van der Waals surface area (Å²) in [6.07, 6.45) is 3.31. The van der Waals surface area contributed by atoms with E-state index in [0.717, 1.165) is 31.2 Å². The van der Waals surface area contributed by atoms with Gasteiger partial charge in [0.1, 0.15) is 5.54 Å². The second kappa shape index (κ2) is 7.79. The lowest BCUT2D eigenvalue weighted by Crippen LogP contribution is -2.55. The van der Waals surface area contributed by atoms with Crippen molar-refractivity contribution in [2.24, 2.45) is 5.92 Å². The molecule has 0 saturated carbocycles. The van der Waals surface area contributed by atoms with Gasteiger partial charge in [0.15, 0.2) is 0 Å². The van der Waals surface area contributed by atoms with Crippen molar-refractivity contribution < 1.29 is 14.4 Å². The third-order valence-corrected chi connectivity index (χ3v) is 7.97. The molecule has 5 rings (SSSR count). The molecule has 3 aliphatic rings. The zero-order valence-corrected chi connectivity index (χ0v) is 18.5. The number of carbonyl (C=O) groups excluding carboxylic acids is 3. The molecule has 2 fully saturated rings. The normalized spacial score (nSPS) is 24.5. The Balaban J connectivity index is 1.23. The number of fused-ring (bicyclic) bond motifs is 1. The van der Waals surface area contributed by atoms with Gasteiger partial charge in [-0.1, -0.05) is 24.3 Å². The maximum atomic E-state index is 13.5. The Morgan fingerprint density at radius 3 is 2.42 bits per heavy atom. The number of amides is 4. The number of imide groups is 1. The van der Waals surface area contributed by atoms with Crippen molar-refractivity contribution >= 4 is 29.2 Å². The molecular weight excluding hydrogens is 410 g/mol. The van der Waals surface area contributed by atoms with E-state index in [1.165, 1.54) is 16.0 Å². The van der Waals surface area contributed by atoms with Gasteiger partial charge in [-0.2, -0.15) is 11.3 Å². The standard InChI is InChI=1S/C24H27N3O3S/c1-24(19-6-9-26(10-7-19)21(28)12-16-8-11-31-15-16)22(29)27(23(30)25-24)20-13-17-4-2-3-5-18(17)14-20/h2-5,8,11,15,19-20H,6-7,9-10,12-14H2,1H3,(H,25,30). The highest BCUT2D eigenvalue weighted by Crippen LogP contribution is 2.36. The summed E-state index contributed by atoms with van der Waals surface area (Å²) < 4.78 is 0. The minimum Gasteiger partial charge on any atom is -0.342 e. The van der Waals surface area contributed by atoms with Crippen molar-refractivity contribution in [3.63, 3.8) is 0 Å². The monoisotopic (exact) mass is 437 g/mol. The molecule has 7 heteroatoms. The summed E-state index contributed by atoms with van der Waals surface area (Å²) in [6, 6.07) is 9.76. The van der Waals surface area contributed by atoms with E-state index in [-0.39, 0.29) is 29.8 Å². The Hall–Kier alpha value is -2.67. The molecule has 4 amide bonds.